The van der Waals surface area contributed by atoms with E-state index in [1.54, 1.807) is 12.1 Å². The number of amides is 2. The van der Waals surface area contributed by atoms with Gasteiger partial charge in [-0.25, -0.2) is 5.43 Å². The van der Waals surface area contributed by atoms with Gasteiger partial charge in [0.1, 0.15) is 6.61 Å². The second kappa shape index (κ2) is 10.4. The SMILES string of the molecule is C=CCOc1c(C=NNC(=O)c2ccc(NC(C)=O)cc2)cc([N+](=O)[O-])cc1OC. The van der Waals surface area contributed by atoms with Crippen molar-refractivity contribution in [1.82, 2.24) is 5.43 Å². The number of anilines is 1. The maximum absolute atomic E-state index is 12.2. The third kappa shape index (κ3) is 5.89. The Bertz CT molecular complexity index is 986. The first-order valence-corrected chi connectivity index (χ1v) is 8.67. The molecule has 2 rings (SSSR count). The third-order valence-corrected chi connectivity index (χ3v) is 3.68. The van der Waals surface area contributed by atoms with Gasteiger partial charge in [0.15, 0.2) is 11.5 Å². The lowest BCUT2D eigenvalue weighted by Gasteiger charge is -2.12. The monoisotopic (exact) mass is 412 g/mol. The summed E-state index contributed by atoms with van der Waals surface area (Å²) in [6.45, 7) is 5.08. The standard InChI is InChI=1S/C20H20N4O6/c1-4-9-30-19-15(10-17(24(27)28)11-18(19)29-3)12-21-23-20(26)14-5-7-16(8-6-14)22-13(2)25/h4-8,10-12H,1,9H2,2-3H3,(H,22,25)(H,23,26). The Morgan fingerprint density at radius 1 is 1.27 bits per heavy atom. The molecule has 0 unspecified atom stereocenters. The molecule has 30 heavy (non-hydrogen) atoms. The second-order valence-corrected chi connectivity index (χ2v) is 5.88. The highest BCUT2D eigenvalue weighted by atomic mass is 16.6. The number of nitrogens with one attached hydrogen (secondary N) is 2. The van der Waals surface area contributed by atoms with Crippen LogP contribution in [0.25, 0.3) is 0 Å². The molecule has 2 aromatic rings. The number of carbonyl (C=O) groups excluding carboxylic acids is 2. The number of hydrazone groups is 1. The van der Waals surface area contributed by atoms with Crippen molar-refractivity contribution in [2.75, 3.05) is 19.0 Å². The Kier molecular flexibility index (Phi) is 7.63. The Labute approximate surface area is 172 Å². The van der Waals surface area contributed by atoms with E-state index in [1.165, 1.54) is 50.6 Å². The van der Waals surface area contributed by atoms with E-state index >= 15 is 0 Å². The molecule has 2 aromatic carbocycles. The molecular formula is C20H20N4O6. The van der Waals surface area contributed by atoms with Crippen LogP contribution in [0.15, 0.2) is 54.2 Å². The van der Waals surface area contributed by atoms with Crippen LogP contribution in [0.1, 0.15) is 22.8 Å². The van der Waals surface area contributed by atoms with E-state index < -0.39 is 10.8 Å². The summed E-state index contributed by atoms with van der Waals surface area (Å²) in [7, 11) is 1.35. The van der Waals surface area contributed by atoms with E-state index in [9.17, 15) is 19.7 Å². The van der Waals surface area contributed by atoms with Crippen molar-refractivity contribution in [1.29, 1.82) is 0 Å². The Morgan fingerprint density at radius 2 is 1.97 bits per heavy atom. The molecule has 0 radical (unpaired) electrons. The van der Waals surface area contributed by atoms with Gasteiger partial charge in [-0.1, -0.05) is 12.7 Å². The summed E-state index contributed by atoms with van der Waals surface area (Å²) in [5.41, 5.74) is 3.21. The van der Waals surface area contributed by atoms with E-state index in [-0.39, 0.29) is 35.3 Å². The highest BCUT2D eigenvalue weighted by Gasteiger charge is 2.18. The Morgan fingerprint density at radius 3 is 2.53 bits per heavy atom. The second-order valence-electron chi connectivity index (χ2n) is 5.88. The van der Waals surface area contributed by atoms with Crippen LogP contribution < -0.4 is 20.2 Å². The molecule has 0 saturated heterocycles. The van der Waals surface area contributed by atoms with E-state index in [0.717, 1.165) is 0 Å². The summed E-state index contributed by atoms with van der Waals surface area (Å²) in [5, 5.41) is 17.6. The van der Waals surface area contributed by atoms with Gasteiger partial charge in [0.05, 0.1) is 24.3 Å². The van der Waals surface area contributed by atoms with Crippen molar-refractivity contribution in [3.05, 3.63) is 70.3 Å². The summed E-state index contributed by atoms with van der Waals surface area (Å²) in [4.78, 5) is 33.9. The number of benzene rings is 2. The van der Waals surface area contributed by atoms with Crippen molar-refractivity contribution >= 4 is 29.4 Å². The normalized spacial score (nSPS) is 10.3. The largest absolute Gasteiger partial charge is 0.493 e. The average Bonchev–Trinajstić information content (AvgIpc) is 2.72. The number of non-ortho nitro benzene ring substituents is 1. The number of methoxy groups -OCH3 is 1. The Hall–Kier alpha value is -4.21. The minimum Gasteiger partial charge on any atom is -0.493 e. The van der Waals surface area contributed by atoms with Gasteiger partial charge in [-0.05, 0) is 24.3 Å². The maximum atomic E-state index is 12.2. The van der Waals surface area contributed by atoms with E-state index in [1.807, 2.05) is 0 Å². The van der Waals surface area contributed by atoms with Crippen molar-refractivity contribution in [2.45, 2.75) is 6.92 Å². The van der Waals surface area contributed by atoms with E-state index in [0.29, 0.717) is 11.3 Å². The van der Waals surface area contributed by atoms with Gasteiger partial charge in [0.2, 0.25) is 5.91 Å². The van der Waals surface area contributed by atoms with Crippen LogP contribution in [0.4, 0.5) is 11.4 Å². The molecule has 10 heteroatoms. The molecule has 0 aromatic heterocycles. The van der Waals surface area contributed by atoms with E-state index in [2.05, 4.69) is 22.4 Å². The predicted molar refractivity (Wildman–Crippen MR) is 111 cm³/mol. The van der Waals surface area contributed by atoms with Gasteiger partial charge < -0.3 is 14.8 Å². The number of hydrogen-bond acceptors (Lipinski definition) is 7. The average molecular weight is 412 g/mol. The number of nitro benzene ring substituents is 1. The Balaban J connectivity index is 2.21. The van der Waals surface area contributed by atoms with Crippen LogP contribution in [-0.4, -0.2) is 36.7 Å². The molecular weight excluding hydrogens is 392 g/mol. The molecule has 0 bridgehead atoms. The van der Waals surface area contributed by atoms with Crippen molar-refractivity contribution in [2.24, 2.45) is 5.10 Å². The zero-order valence-electron chi connectivity index (χ0n) is 16.4. The number of nitro groups is 1. The van der Waals surface area contributed by atoms with Gasteiger partial charge in [-0.15, -0.1) is 0 Å². The molecule has 0 spiro atoms. The molecule has 0 aliphatic rings. The summed E-state index contributed by atoms with van der Waals surface area (Å²) < 4.78 is 10.7. The van der Waals surface area contributed by atoms with Crippen LogP contribution >= 0.6 is 0 Å². The number of hydrogen-bond donors (Lipinski definition) is 2. The minimum atomic E-state index is -0.577. The number of ether oxygens (including phenoxy) is 2. The van der Waals surface area contributed by atoms with Gasteiger partial charge in [-0.2, -0.15) is 5.10 Å². The molecule has 0 aliphatic heterocycles. The zero-order valence-corrected chi connectivity index (χ0v) is 16.4. The van der Waals surface area contributed by atoms with Crippen molar-refractivity contribution < 1.29 is 24.0 Å². The van der Waals surface area contributed by atoms with Crippen LogP contribution in [0.2, 0.25) is 0 Å². The highest BCUT2D eigenvalue weighted by molar-refractivity contribution is 5.96. The first-order chi connectivity index (χ1) is 14.3. The van der Waals surface area contributed by atoms with Crippen molar-refractivity contribution in [3.63, 3.8) is 0 Å². The number of carbonyl (C=O) groups is 2. The maximum Gasteiger partial charge on any atom is 0.274 e. The van der Waals surface area contributed by atoms with Crippen LogP contribution in [-0.2, 0) is 4.79 Å². The lowest BCUT2D eigenvalue weighted by molar-refractivity contribution is -0.385. The van der Waals surface area contributed by atoms with Gasteiger partial charge in [-0.3, -0.25) is 19.7 Å². The minimum absolute atomic E-state index is 0.141. The van der Waals surface area contributed by atoms with E-state index in [4.69, 9.17) is 9.47 Å². The summed E-state index contributed by atoms with van der Waals surface area (Å²) in [6, 6.07) is 8.67. The fourth-order valence-electron chi connectivity index (χ4n) is 2.39. The lowest BCUT2D eigenvalue weighted by Crippen LogP contribution is -2.17. The molecule has 156 valence electrons. The number of nitrogens with zero attached hydrogens (tertiary/aromatic N) is 2. The molecule has 2 N–H and O–H groups in total. The highest BCUT2D eigenvalue weighted by Crippen LogP contribution is 2.34. The molecule has 0 fully saturated rings. The van der Waals surface area contributed by atoms with Gasteiger partial charge >= 0.3 is 0 Å². The smallest absolute Gasteiger partial charge is 0.274 e. The van der Waals surface area contributed by atoms with Crippen LogP contribution in [0.3, 0.4) is 0 Å². The summed E-state index contributed by atoms with van der Waals surface area (Å²) in [5.74, 6) is -0.363. The molecule has 0 heterocycles. The lowest BCUT2D eigenvalue weighted by atomic mass is 10.1. The fourth-order valence-corrected chi connectivity index (χ4v) is 2.39. The first-order valence-electron chi connectivity index (χ1n) is 8.67. The van der Waals surface area contributed by atoms with Gasteiger partial charge in [0.25, 0.3) is 11.6 Å². The quantitative estimate of drug-likeness (QED) is 0.282. The van der Waals surface area contributed by atoms with Crippen LogP contribution in [0.5, 0.6) is 11.5 Å². The molecule has 0 atom stereocenters. The third-order valence-electron chi connectivity index (χ3n) is 3.68. The van der Waals surface area contributed by atoms with Gasteiger partial charge in [0, 0.05) is 29.8 Å². The summed E-state index contributed by atoms with van der Waals surface area (Å²) in [6.07, 6.45) is 2.73. The molecule has 2 amide bonds. The summed E-state index contributed by atoms with van der Waals surface area (Å²) >= 11 is 0. The predicted octanol–water partition coefficient (Wildman–Crippen LogP) is 2.89. The molecule has 0 aliphatic carbocycles. The number of rotatable bonds is 9. The first kappa shape index (κ1) is 22.1. The fraction of sp³-hybridized carbons (Fsp3) is 0.150. The van der Waals surface area contributed by atoms with Crippen LogP contribution in [0, 0.1) is 10.1 Å². The zero-order chi connectivity index (χ0) is 22.1. The topological polar surface area (TPSA) is 132 Å². The van der Waals surface area contributed by atoms with Crippen molar-refractivity contribution in [3.8, 4) is 11.5 Å². The molecule has 0 saturated carbocycles. The molecule has 10 nitrogen and oxygen atoms in total.